The van der Waals surface area contributed by atoms with Crippen LogP contribution in [0.1, 0.15) is 18.9 Å². The molecule has 0 atom stereocenters. The number of hydrogen-bond donors (Lipinski definition) is 2. The first-order valence-corrected chi connectivity index (χ1v) is 6.00. The molecule has 0 spiro atoms. The molecule has 0 saturated heterocycles. The van der Waals surface area contributed by atoms with Crippen LogP contribution in [0, 0.1) is 5.82 Å². The number of nitrogens with zero attached hydrogens (tertiary/aromatic N) is 1. The van der Waals surface area contributed by atoms with Gasteiger partial charge in [-0.1, -0.05) is 13.0 Å². The van der Waals surface area contributed by atoms with E-state index in [1.807, 2.05) is 6.07 Å². The molecule has 0 heterocycles. The average molecular weight is 240 g/mol. The molecule has 0 radical (unpaired) electrons. The second-order valence-electron chi connectivity index (χ2n) is 4.11. The van der Waals surface area contributed by atoms with Crippen molar-refractivity contribution in [3.05, 3.63) is 29.6 Å². The van der Waals surface area contributed by atoms with Gasteiger partial charge in [-0.2, -0.15) is 0 Å². The highest BCUT2D eigenvalue weighted by Crippen LogP contribution is 2.19. The maximum absolute atomic E-state index is 13.8. The van der Waals surface area contributed by atoms with E-state index in [1.165, 1.54) is 0 Å². The quantitative estimate of drug-likeness (QED) is 0.713. The van der Waals surface area contributed by atoms with Crippen molar-refractivity contribution in [1.29, 1.82) is 0 Å². The van der Waals surface area contributed by atoms with Gasteiger partial charge >= 0.3 is 0 Å². The number of anilines is 1. The van der Waals surface area contributed by atoms with Crippen LogP contribution in [0.25, 0.3) is 0 Å². The zero-order chi connectivity index (χ0) is 12.7. The minimum Gasteiger partial charge on any atom is -0.395 e. The van der Waals surface area contributed by atoms with Gasteiger partial charge in [-0.15, -0.1) is 0 Å². The van der Waals surface area contributed by atoms with E-state index in [0.717, 1.165) is 18.5 Å². The fraction of sp³-hybridized carbons (Fsp3) is 0.538. The second kappa shape index (κ2) is 7.25. The molecule has 0 aromatic heterocycles. The summed E-state index contributed by atoms with van der Waals surface area (Å²) in [7, 11) is 1.77. The van der Waals surface area contributed by atoms with Crippen molar-refractivity contribution in [1.82, 2.24) is 5.32 Å². The number of aliphatic hydroxyl groups is 1. The van der Waals surface area contributed by atoms with Gasteiger partial charge in [-0.25, -0.2) is 4.39 Å². The van der Waals surface area contributed by atoms with E-state index in [9.17, 15) is 4.39 Å². The average Bonchev–Trinajstić information content (AvgIpc) is 2.29. The van der Waals surface area contributed by atoms with E-state index in [0.29, 0.717) is 18.8 Å². The summed E-state index contributed by atoms with van der Waals surface area (Å²) >= 11 is 0. The molecule has 17 heavy (non-hydrogen) atoms. The third-order valence-corrected chi connectivity index (χ3v) is 2.61. The van der Waals surface area contributed by atoms with Crippen molar-refractivity contribution >= 4 is 5.69 Å². The summed E-state index contributed by atoms with van der Waals surface area (Å²) in [5.74, 6) is -0.239. The lowest BCUT2D eigenvalue weighted by Gasteiger charge is -2.19. The van der Waals surface area contributed by atoms with E-state index >= 15 is 0 Å². The Morgan fingerprint density at radius 1 is 1.41 bits per heavy atom. The Morgan fingerprint density at radius 2 is 2.18 bits per heavy atom. The van der Waals surface area contributed by atoms with Crippen molar-refractivity contribution in [2.45, 2.75) is 19.9 Å². The van der Waals surface area contributed by atoms with Crippen LogP contribution in [-0.2, 0) is 6.54 Å². The normalized spacial score (nSPS) is 10.6. The van der Waals surface area contributed by atoms with Crippen molar-refractivity contribution in [3.63, 3.8) is 0 Å². The molecule has 1 rings (SSSR count). The van der Waals surface area contributed by atoms with Crippen LogP contribution >= 0.6 is 0 Å². The molecular formula is C13H21FN2O. The number of aliphatic hydroxyl groups excluding tert-OH is 1. The highest BCUT2D eigenvalue weighted by molar-refractivity contribution is 5.48. The second-order valence-corrected chi connectivity index (χ2v) is 4.11. The molecule has 0 bridgehead atoms. The predicted octanol–water partition coefficient (Wildman–Crippen LogP) is 1.75. The topological polar surface area (TPSA) is 35.5 Å². The summed E-state index contributed by atoms with van der Waals surface area (Å²) < 4.78 is 13.8. The highest BCUT2D eigenvalue weighted by atomic mass is 19.1. The SMILES string of the molecule is CCCNCc1ccc(N(C)CCO)c(F)c1. The zero-order valence-electron chi connectivity index (χ0n) is 10.5. The molecule has 0 amide bonds. The maximum Gasteiger partial charge on any atom is 0.146 e. The number of nitrogens with one attached hydrogen (secondary N) is 1. The van der Waals surface area contributed by atoms with Crippen molar-refractivity contribution < 1.29 is 9.50 Å². The van der Waals surface area contributed by atoms with Crippen LogP contribution in [0.4, 0.5) is 10.1 Å². The molecule has 3 nitrogen and oxygen atoms in total. The Hall–Kier alpha value is -1.13. The van der Waals surface area contributed by atoms with Gasteiger partial charge in [-0.3, -0.25) is 0 Å². The third-order valence-electron chi connectivity index (χ3n) is 2.61. The fourth-order valence-electron chi connectivity index (χ4n) is 1.65. The first kappa shape index (κ1) is 13.9. The predicted molar refractivity (Wildman–Crippen MR) is 68.8 cm³/mol. The van der Waals surface area contributed by atoms with Crippen molar-refractivity contribution in [3.8, 4) is 0 Å². The minimum atomic E-state index is -0.239. The molecule has 4 heteroatoms. The lowest BCUT2D eigenvalue weighted by Crippen LogP contribution is -2.22. The molecule has 2 N–H and O–H groups in total. The summed E-state index contributed by atoms with van der Waals surface area (Å²) in [4.78, 5) is 1.71. The van der Waals surface area contributed by atoms with E-state index in [2.05, 4.69) is 12.2 Å². The van der Waals surface area contributed by atoms with Crippen LogP contribution in [0.3, 0.4) is 0 Å². The highest BCUT2D eigenvalue weighted by Gasteiger charge is 2.07. The van der Waals surface area contributed by atoms with Gasteiger partial charge in [0.1, 0.15) is 5.82 Å². The first-order valence-electron chi connectivity index (χ1n) is 6.00. The molecule has 1 aromatic carbocycles. The zero-order valence-corrected chi connectivity index (χ0v) is 10.5. The van der Waals surface area contributed by atoms with Crippen LogP contribution < -0.4 is 10.2 Å². The summed E-state index contributed by atoms with van der Waals surface area (Å²) in [5, 5.41) is 12.0. The van der Waals surface area contributed by atoms with Gasteiger partial charge < -0.3 is 15.3 Å². The number of benzene rings is 1. The van der Waals surface area contributed by atoms with Crippen molar-refractivity contribution in [2.75, 3.05) is 31.6 Å². The molecular weight excluding hydrogens is 219 g/mol. The number of rotatable bonds is 7. The molecule has 0 fully saturated rings. The smallest absolute Gasteiger partial charge is 0.146 e. The van der Waals surface area contributed by atoms with Gasteiger partial charge in [0.2, 0.25) is 0 Å². The maximum atomic E-state index is 13.8. The van der Waals surface area contributed by atoms with Crippen LogP contribution in [0.5, 0.6) is 0 Å². The summed E-state index contributed by atoms with van der Waals surface area (Å²) in [6.45, 7) is 4.18. The Bertz CT molecular complexity index is 344. The number of halogens is 1. The van der Waals surface area contributed by atoms with E-state index in [-0.39, 0.29) is 12.4 Å². The Balaban J connectivity index is 2.65. The van der Waals surface area contributed by atoms with Gasteiger partial charge in [0.05, 0.1) is 12.3 Å². The third kappa shape index (κ3) is 4.32. The number of likely N-dealkylation sites (N-methyl/N-ethyl adjacent to an activating group) is 1. The molecule has 0 saturated carbocycles. The molecule has 1 aromatic rings. The summed E-state index contributed by atoms with van der Waals surface area (Å²) in [6, 6.07) is 5.22. The van der Waals surface area contributed by atoms with E-state index in [4.69, 9.17) is 5.11 Å². The van der Waals surface area contributed by atoms with E-state index in [1.54, 1.807) is 24.1 Å². The lowest BCUT2D eigenvalue weighted by atomic mass is 10.2. The largest absolute Gasteiger partial charge is 0.395 e. The van der Waals surface area contributed by atoms with Gasteiger partial charge in [0.15, 0.2) is 0 Å². The van der Waals surface area contributed by atoms with Crippen LogP contribution in [0.15, 0.2) is 18.2 Å². The monoisotopic (exact) mass is 240 g/mol. The fourth-order valence-corrected chi connectivity index (χ4v) is 1.65. The summed E-state index contributed by atoms with van der Waals surface area (Å²) in [5.41, 5.74) is 1.47. The van der Waals surface area contributed by atoms with Gasteiger partial charge in [-0.05, 0) is 30.7 Å². The van der Waals surface area contributed by atoms with Gasteiger partial charge in [0, 0.05) is 20.1 Å². The molecule has 0 unspecified atom stereocenters. The Morgan fingerprint density at radius 3 is 2.76 bits per heavy atom. The standard InChI is InChI=1S/C13H21FN2O/c1-3-6-15-10-11-4-5-13(12(14)9-11)16(2)7-8-17/h4-5,9,15,17H,3,6-8,10H2,1-2H3. The van der Waals surface area contributed by atoms with Crippen molar-refractivity contribution in [2.24, 2.45) is 0 Å². The summed E-state index contributed by atoms with van der Waals surface area (Å²) in [6.07, 6.45) is 1.07. The first-order chi connectivity index (χ1) is 8.19. The molecule has 0 aliphatic rings. The lowest BCUT2D eigenvalue weighted by molar-refractivity contribution is 0.304. The minimum absolute atomic E-state index is 0.0236. The van der Waals surface area contributed by atoms with Crippen LogP contribution in [0.2, 0.25) is 0 Å². The van der Waals surface area contributed by atoms with E-state index < -0.39 is 0 Å². The van der Waals surface area contributed by atoms with Gasteiger partial charge in [0.25, 0.3) is 0 Å². The van der Waals surface area contributed by atoms with Crippen LogP contribution in [-0.4, -0.2) is 31.9 Å². The molecule has 0 aliphatic heterocycles. The molecule has 0 aliphatic carbocycles. The molecule has 96 valence electrons. The number of hydrogen-bond acceptors (Lipinski definition) is 3. The Kier molecular flexibility index (Phi) is 5.94. The Labute approximate surface area is 102 Å².